The van der Waals surface area contributed by atoms with Gasteiger partial charge in [0.1, 0.15) is 0 Å². The van der Waals surface area contributed by atoms with Gasteiger partial charge in [-0.1, -0.05) is 6.08 Å². The second-order valence-corrected chi connectivity index (χ2v) is 3.95. The normalized spacial score (nSPS) is 15.9. The average Bonchev–Trinajstić information content (AvgIpc) is 2.57. The summed E-state index contributed by atoms with van der Waals surface area (Å²) in [7, 11) is 0. The van der Waals surface area contributed by atoms with Crippen molar-refractivity contribution in [3.05, 3.63) is 12.7 Å². The Labute approximate surface area is 110 Å². The molecule has 1 saturated heterocycles. The van der Waals surface area contributed by atoms with E-state index in [4.69, 9.17) is 4.74 Å². The molecule has 0 atom stereocenters. The number of hydrogen-bond donors (Lipinski definition) is 1. The molecule has 0 bridgehead atoms. The van der Waals surface area contributed by atoms with Crippen molar-refractivity contribution in [3.63, 3.8) is 0 Å². The first-order valence-electron chi connectivity index (χ1n) is 6.01. The van der Waals surface area contributed by atoms with Gasteiger partial charge in [0.15, 0.2) is 0 Å². The van der Waals surface area contributed by atoms with Gasteiger partial charge < -0.3 is 15.0 Å². The fraction of sp³-hybridized carbons (Fsp3) is 0.750. The Bertz CT molecular complexity index is 217. The molecule has 0 aromatic rings. The molecule has 4 nitrogen and oxygen atoms in total. The molecule has 1 fully saturated rings. The lowest BCUT2D eigenvalue weighted by atomic mass is 10.2. The Morgan fingerprint density at radius 3 is 3.00 bits per heavy atom. The van der Waals surface area contributed by atoms with Gasteiger partial charge in [0.05, 0.1) is 6.61 Å². The van der Waals surface area contributed by atoms with E-state index in [-0.39, 0.29) is 18.3 Å². The van der Waals surface area contributed by atoms with Gasteiger partial charge >= 0.3 is 0 Å². The van der Waals surface area contributed by atoms with Crippen molar-refractivity contribution in [2.45, 2.75) is 19.3 Å². The molecule has 1 rings (SSSR count). The molecule has 0 aliphatic carbocycles. The molecular weight excluding hydrogens is 240 g/mol. The van der Waals surface area contributed by atoms with Crippen molar-refractivity contribution in [1.82, 2.24) is 10.2 Å². The summed E-state index contributed by atoms with van der Waals surface area (Å²) in [5.41, 5.74) is 0. The zero-order chi connectivity index (χ0) is 11.6. The van der Waals surface area contributed by atoms with Crippen LogP contribution in [0.2, 0.25) is 0 Å². The second-order valence-electron chi connectivity index (χ2n) is 3.95. The van der Waals surface area contributed by atoms with Gasteiger partial charge in [-0.15, -0.1) is 19.0 Å². The number of carbonyl (C=O) groups excluding carboxylic acids is 1. The SMILES string of the molecule is C=CCOCCCC(=O)N1CCCNCC1.Cl. The van der Waals surface area contributed by atoms with E-state index in [0.29, 0.717) is 19.6 Å². The maximum Gasteiger partial charge on any atom is 0.222 e. The van der Waals surface area contributed by atoms with Crippen LogP contribution in [0.3, 0.4) is 0 Å². The summed E-state index contributed by atoms with van der Waals surface area (Å²) in [4.78, 5) is 13.8. The zero-order valence-corrected chi connectivity index (χ0v) is 11.1. The highest BCUT2D eigenvalue weighted by Crippen LogP contribution is 2.01. The van der Waals surface area contributed by atoms with Crippen LogP contribution in [0.15, 0.2) is 12.7 Å². The minimum absolute atomic E-state index is 0. The third kappa shape index (κ3) is 7.36. The van der Waals surface area contributed by atoms with Gasteiger partial charge in [-0.3, -0.25) is 4.79 Å². The van der Waals surface area contributed by atoms with Gasteiger partial charge in [-0.25, -0.2) is 0 Å². The minimum atomic E-state index is 0. The Morgan fingerprint density at radius 2 is 2.24 bits per heavy atom. The summed E-state index contributed by atoms with van der Waals surface area (Å²) in [5, 5.41) is 3.29. The van der Waals surface area contributed by atoms with E-state index in [2.05, 4.69) is 11.9 Å². The molecular formula is C12H23ClN2O2. The number of amides is 1. The fourth-order valence-corrected chi connectivity index (χ4v) is 1.75. The number of hydrogen-bond acceptors (Lipinski definition) is 3. The highest BCUT2D eigenvalue weighted by Gasteiger charge is 2.14. The van der Waals surface area contributed by atoms with E-state index in [1.807, 2.05) is 4.90 Å². The molecule has 1 aliphatic rings. The van der Waals surface area contributed by atoms with Crippen LogP contribution in [0.25, 0.3) is 0 Å². The monoisotopic (exact) mass is 262 g/mol. The summed E-state index contributed by atoms with van der Waals surface area (Å²) >= 11 is 0. The first-order chi connectivity index (χ1) is 7.84. The van der Waals surface area contributed by atoms with Gasteiger partial charge in [0, 0.05) is 32.7 Å². The summed E-state index contributed by atoms with van der Waals surface area (Å²) in [6.07, 6.45) is 4.18. The van der Waals surface area contributed by atoms with E-state index < -0.39 is 0 Å². The van der Waals surface area contributed by atoms with Gasteiger partial charge in [0.2, 0.25) is 5.91 Å². The predicted octanol–water partition coefficient (Wildman–Crippen LogP) is 1.21. The molecule has 5 heteroatoms. The third-order valence-corrected chi connectivity index (χ3v) is 2.61. The number of ether oxygens (including phenoxy) is 1. The van der Waals surface area contributed by atoms with Crippen LogP contribution in [0.1, 0.15) is 19.3 Å². The lowest BCUT2D eigenvalue weighted by Crippen LogP contribution is -2.34. The standard InChI is InChI=1S/C12H22N2O2.ClH/c1-2-10-16-11-3-5-12(15)14-8-4-6-13-7-9-14;/h2,13H,1,3-11H2;1H. The molecule has 1 N–H and O–H groups in total. The summed E-state index contributed by atoms with van der Waals surface area (Å²) in [6.45, 7) is 8.45. The lowest BCUT2D eigenvalue weighted by Gasteiger charge is -2.19. The highest BCUT2D eigenvalue weighted by atomic mass is 35.5. The number of nitrogens with zero attached hydrogens (tertiary/aromatic N) is 1. The van der Waals surface area contributed by atoms with Crippen molar-refractivity contribution >= 4 is 18.3 Å². The smallest absolute Gasteiger partial charge is 0.222 e. The molecule has 0 unspecified atom stereocenters. The molecule has 1 heterocycles. The van der Waals surface area contributed by atoms with Crippen LogP contribution in [0.4, 0.5) is 0 Å². The van der Waals surface area contributed by atoms with Crippen LogP contribution >= 0.6 is 12.4 Å². The highest BCUT2D eigenvalue weighted by molar-refractivity contribution is 5.85. The molecule has 17 heavy (non-hydrogen) atoms. The number of rotatable bonds is 6. The molecule has 0 radical (unpaired) electrons. The number of carbonyl (C=O) groups is 1. The van der Waals surface area contributed by atoms with E-state index in [1.165, 1.54) is 0 Å². The van der Waals surface area contributed by atoms with Crippen LogP contribution in [-0.2, 0) is 9.53 Å². The van der Waals surface area contributed by atoms with Crippen LogP contribution < -0.4 is 5.32 Å². The summed E-state index contributed by atoms with van der Waals surface area (Å²) in [6, 6.07) is 0. The number of halogens is 1. The third-order valence-electron chi connectivity index (χ3n) is 2.61. The van der Waals surface area contributed by atoms with E-state index in [0.717, 1.165) is 39.0 Å². The minimum Gasteiger partial charge on any atom is -0.377 e. The second kappa shape index (κ2) is 10.6. The molecule has 1 amide bonds. The molecule has 0 spiro atoms. The molecule has 1 aliphatic heterocycles. The topological polar surface area (TPSA) is 41.6 Å². The maximum atomic E-state index is 11.8. The lowest BCUT2D eigenvalue weighted by molar-refractivity contribution is -0.131. The molecule has 0 saturated carbocycles. The zero-order valence-electron chi connectivity index (χ0n) is 10.3. The average molecular weight is 263 g/mol. The van der Waals surface area contributed by atoms with E-state index >= 15 is 0 Å². The van der Waals surface area contributed by atoms with E-state index in [1.54, 1.807) is 6.08 Å². The van der Waals surface area contributed by atoms with Gasteiger partial charge in [-0.2, -0.15) is 0 Å². The molecule has 0 aromatic carbocycles. The summed E-state index contributed by atoms with van der Waals surface area (Å²) < 4.78 is 5.24. The quantitative estimate of drug-likeness (QED) is 0.578. The fourth-order valence-electron chi connectivity index (χ4n) is 1.75. The maximum absolute atomic E-state index is 11.8. The Balaban J connectivity index is 0.00000256. The Morgan fingerprint density at radius 1 is 1.41 bits per heavy atom. The Hall–Kier alpha value is -0.580. The van der Waals surface area contributed by atoms with Crippen molar-refractivity contribution in [3.8, 4) is 0 Å². The van der Waals surface area contributed by atoms with Crippen molar-refractivity contribution in [2.75, 3.05) is 39.4 Å². The first-order valence-corrected chi connectivity index (χ1v) is 6.01. The van der Waals surface area contributed by atoms with Gasteiger partial charge in [-0.05, 0) is 19.4 Å². The van der Waals surface area contributed by atoms with Gasteiger partial charge in [0.25, 0.3) is 0 Å². The van der Waals surface area contributed by atoms with Crippen molar-refractivity contribution in [1.29, 1.82) is 0 Å². The molecule has 100 valence electrons. The molecule has 0 aromatic heterocycles. The van der Waals surface area contributed by atoms with Crippen LogP contribution in [-0.4, -0.2) is 50.2 Å². The largest absolute Gasteiger partial charge is 0.377 e. The first kappa shape index (κ1) is 16.4. The van der Waals surface area contributed by atoms with Crippen molar-refractivity contribution in [2.24, 2.45) is 0 Å². The van der Waals surface area contributed by atoms with Crippen LogP contribution in [0, 0.1) is 0 Å². The number of nitrogens with one attached hydrogen (secondary N) is 1. The van der Waals surface area contributed by atoms with Crippen molar-refractivity contribution < 1.29 is 9.53 Å². The van der Waals surface area contributed by atoms with E-state index in [9.17, 15) is 4.79 Å². The predicted molar refractivity (Wildman–Crippen MR) is 71.6 cm³/mol. The summed E-state index contributed by atoms with van der Waals surface area (Å²) in [5.74, 6) is 0.255. The Kier molecular flexibility index (Phi) is 10.2. The van der Waals surface area contributed by atoms with Crippen LogP contribution in [0.5, 0.6) is 0 Å².